The van der Waals surface area contributed by atoms with Crippen molar-refractivity contribution in [3.8, 4) is 17.3 Å². The van der Waals surface area contributed by atoms with Gasteiger partial charge in [-0.3, -0.25) is 9.59 Å². The highest BCUT2D eigenvalue weighted by Crippen LogP contribution is 2.52. The summed E-state index contributed by atoms with van der Waals surface area (Å²) in [7, 11) is 0. The number of fused-ring (bicyclic) bond motifs is 8. The molecule has 12 nitrogen and oxygen atoms in total. The lowest BCUT2D eigenvalue weighted by atomic mass is 9.72. The van der Waals surface area contributed by atoms with Crippen LogP contribution in [0.25, 0.3) is 11.6 Å². The molecule has 2 aromatic carbocycles. The Hall–Kier alpha value is -4.68. The number of nitrogens with zero attached hydrogens (tertiary/aromatic N) is 2. The summed E-state index contributed by atoms with van der Waals surface area (Å²) in [5.74, 6) is -1.09. The first-order chi connectivity index (χ1) is 21.5. The van der Waals surface area contributed by atoms with Crippen LogP contribution in [0, 0.1) is 11.8 Å². The van der Waals surface area contributed by atoms with Gasteiger partial charge in [0.1, 0.15) is 41.3 Å². The van der Waals surface area contributed by atoms with Crippen LogP contribution in [0.2, 0.25) is 0 Å². The Morgan fingerprint density at radius 3 is 2.62 bits per heavy atom. The minimum absolute atomic E-state index is 0.0117. The van der Waals surface area contributed by atoms with E-state index in [0.717, 1.165) is 11.3 Å². The van der Waals surface area contributed by atoms with E-state index < -0.39 is 35.4 Å². The lowest BCUT2D eigenvalue weighted by Gasteiger charge is -2.31. The third-order valence-electron chi connectivity index (χ3n) is 8.60. The Balaban J connectivity index is 1.62. The smallest absolute Gasteiger partial charge is 0.249 e. The summed E-state index contributed by atoms with van der Waals surface area (Å²) < 4.78 is 12.5. The number of oxazole rings is 2. The first-order valence-corrected chi connectivity index (χ1v) is 15.0. The number of aliphatic hydroxyl groups is 2. The maximum Gasteiger partial charge on any atom is 0.249 e. The summed E-state index contributed by atoms with van der Waals surface area (Å²) in [4.78, 5) is 36.1. The lowest BCUT2D eigenvalue weighted by Crippen LogP contribution is -2.52. The molecule has 0 aliphatic carbocycles. The van der Waals surface area contributed by atoms with Gasteiger partial charge in [0.25, 0.3) is 0 Å². The average molecular weight is 616 g/mol. The second-order valence-corrected chi connectivity index (χ2v) is 12.4. The molecule has 0 fully saturated rings. The summed E-state index contributed by atoms with van der Waals surface area (Å²) in [5.41, 5.74) is 2.25. The predicted molar refractivity (Wildman–Crippen MR) is 163 cm³/mol. The van der Waals surface area contributed by atoms with Crippen LogP contribution in [0.15, 0.2) is 57.6 Å². The number of rotatable bonds is 6. The highest BCUT2D eigenvalue weighted by Gasteiger charge is 2.50. The molecule has 0 saturated carbocycles. The van der Waals surface area contributed by atoms with Crippen molar-refractivity contribution in [3.63, 3.8) is 0 Å². The third-order valence-corrected chi connectivity index (χ3v) is 8.60. The minimum atomic E-state index is -1.30. The largest absolute Gasteiger partial charge is 0.508 e. The lowest BCUT2D eigenvalue weighted by molar-refractivity contribution is -0.135. The van der Waals surface area contributed by atoms with E-state index in [-0.39, 0.29) is 54.6 Å². The first kappa shape index (κ1) is 30.4. The van der Waals surface area contributed by atoms with Crippen molar-refractivity contribution in [3.05, 3.63) is 82.8 Å². The normalized spacial score (nSPS) is 21.6. The van der Waals surface area contributed by atoms with Gasteiger partial charge in [-0.25, -0.2) is 9.97 Å². The summed E-state index contributed by atoms with van der Waals surface area (Å²) in [6, 6.07) is 11.0. The van der Waals surface area contributed by atoms with Crippen molar-refractivity contribution in [1.29, 1.82) is 0 Å². The number of phenolic OH excluding ortho intramolecular Hbond substituents is 1. The van der Waals surface area contributed by atoms with Crippen LogP contribution in [0.3, 0.4) is 0 Å². The van der Waals surface area contributed by atoms with Crippen LogP contribution in [0.5, 0.6) is 5.75 Å². The quantitative estimate of drug-likeness (QED) is 0.188. The van der Waals surface area contributed by atoms with Crippen LogP contribution in [-0.2, 0) is 28.0 Å². The van der Waals surface area contributed by atoms with E-state index in [1.165, 1.54) is 6.26 Å². The standard InChI is InChI=1S/C33H37N5O7/c1-16(2)25-32-38-26(31-35-19(13-39)14-44-31)28(45-32)33(15-34-22-8-6-5-7-20(22)33)21-11-18(9-10-24(21)40)12-23(29(42)37-25)36-30(43)27(41)17(3)4/h5-11,14,16-17,23,25,27,34,39-41H,12-13,15H2,1-4H3,(H,36,43)(H,37,42)/t23-,25-,27-,33?/m0/s1. The Morgan fingerprint density at radius 1 is 1.13 bits per heavy atom. The topological polar surface area (TPSA) is 183 Å². The van der Waals surface area contributed by atoms with E-state index in [2.05, 4.69) is 20.9 Å². The van der Waals surface area contributed by atoms with Crippen LogP contribution in [0.1, 0.15) is 67.8 Å². The molecule has 1 unspecified atom stereocenters. The second kappa shape index (κ2) is 11.7. The van der Waals surface area contributed by atoms with Crippen molar-refractivity contribution in [2.24, 2.45) is 11.8 Å². The van der Waals surface area contributed by atoms with Gasteiger partial charge in [-0.05, 0) is 35.1 Å². The Labute approximate surface area is 259 Å². The molecule has 4 bridgehead atoms. The van der Waals surface area contributed by atoms with Gasteiger partial charge in [0.2, 0.25) is 23.6 Å². The number of carbonyl (C=O) groups excluding carboxylic acids is 2. The molecule has 12 heteroatoms. The number of para-hydroxylation sites is 1. The zero-order chi connectivity index (χ0) is 32.0. The molecular formula is C33H37N5O7. The maximum atomic E-state index is 13.9. The molecule has 2 aliphatic rings. The monoisotopic (exact) mass is 615 g/mol. The van der Waals surface area contributed by atoms with E-state index in [9.17, 15) is 24.9 Å². The van der Waals surface area contributed by atoms with Crippen molar-refractivity contribution >= 4 is 17.5 Å². The van der Waals surface area contributed by atoms with Gasteiger partial charge in [-0.2, -0.15) is 0 Å². The van der Waals surface area contributed by atoms with Gasteiger partial charge in [-0.15, -0.1) is 0 Å². The van der Waals surface area contributed by atoms with Gasteiger partial charge in [0.05, 0.1) is 6.61 Å². The SMILES string of the molecule is CC(C)[C@H](O)C(=O)N[C@H]1Cc2ccc(O)c(c2)C2(CNc3ccccc32)c2oc(nc2-c2nc(CO)co2)[C@H](C(C)C)NC1=O. The number of benzene rings is 2. The molecule has 2 aliphatic heterocycles. The highest BCUT2D eigenvalue weighted by atomic mass is 16.4. The van der Waals surface area contributed by atoms with Crippen LogP contribution in [-0.4, -0.2) is 55.8 Å². The number of aromatic nitrogens is 2. The number of amides is 2. The number of phenols is 1. The number of anilines is 1. The second-order valence-electron chi connectivity index (χ2n) is 12.4. The van der Waals surface area contributed by atoms with E-state index >= 15 is 0 Å². The molecule has 4 heterocycles. The zero-order valence-electron chi connectivity index (χ0n) is 25.5. The maximum absolute atomic E-state index is 13.9. The number of aromatic hydroxyl groups is 1. The highest BCUT2D eigenvalue weighted by molar-refractivity contribution is 5.90. The summed E-state index contributed by atoms with van der Waals surface area (Å²) in [6.45, 7) is 7.19. The van der Waals surface area contributed by atoms with Crippen molar-refractivity contribution in [1.82, 2.24) is 20.6 Å². The molecule has 2 aromatic heterocycles. The van der Waals surface area contributed by atoms with Crippen LogP contribution >= 0.6 is 0 Å². The number of hydrogen-bond donors (Lipinski definition) is 6. The summed E-state index contributed by atoms with van der Waals surface area (Å²) in [6.07, 6.45) is 0.124. The van der Waals surface area contributed by atoms with Crippen molar-refractivity contribution in [2.45, 2.75) is 64.3 Å². The molecule has 4 atom stereocenters. The molecule has 45 heavy (non-hydrogen) atoms. The van der Waals surface area contributed by atoms with E-state index in [0.29, 0.717) is 22.6 Å². The third kappa shape index (κ3) is 5.23. The molecule has 2 amide bonds. The number of aliphatic hydroxyl groups excluding tert-OH is 2. The fraction of sp³-hybridized carbons (Fsp3) is 0.394. The van der Waals surface area contributed by atoms with E-state index in [4.69, 9.17) is 13.8 Å². The van der Waals surface area contributed by atoms with E-state index in [1.807, 2.05) is 38.1 Å². The summed E-state index contributed by atoms with van der Waals surface area (Å²) in [5, 5.41) is 40.9. The van der Waals surface area contributed by atoms with Gasteiger partial charge >= 0.3 is 0 Å². The van der Waals surface area contributed by atoms with Crippen LogP contribution < -0.4 is 16.0 Å². The number of hydrogen-bond acceptors (Lipinski definition) is 10. The Morgan fingerprint density at radius 2 is 1.91 bits per heavy atom. The Bertz CT molecular complexity index is 1740. The predicted octanol–water partition coefficient (Wildman–Crippen LogP) is 3.16. The minimum Gasteiger partial charge on any atom is -0.508 e. The molecular weight excluding hydrogens is 578 g/mol. The number of nitrogens with one attached hydrogen (secondary N) is 3. The van der Waals surface area contributed by atoms with Gasteiger partial charge in [0, 0.05) is 24.2 Å². The van der Waals surface area contributed by atoms with Gasteiger partial charge < -0.3 is 40.1 Å². The fourth-order valence-electron chi connectivity index (χ4n) is 6.11. The number of carbonyl (C=O) groups is 2. The van der Waals surface area contributed by atoms with Crippen molar-refractivity contribution < 1.29 is 33.7 Å². The Kier molecular flexibility index (Phi) is 7.88. The fourth-order valence-corrected chi connectivity index (χ4v) is 6.11. The molecule has 236 valence electrons. The molecule has 6 N–H and O–H groups in total. The average Bonchev–Trinajstić information content (AvgIpc) is 3.76. The summed E-state index contributed by atoms with van der Waals surface area (Å²) >= 11 is 0. The van der Waals surface area contributed by atoms with E-state index in [1.54, 1.807) is 32.0 Å². The first-order valence-electron chi connectivity index (χ1n) is 15.0. The molecule has 4 aromatic rings. The van der Waals surface area contributed by atoms with Gasteiger partial charge in [-0.1, -0.05) is 58.0 Å². The van der Waals surface area contributed by atoms with Crippen LogP contribution in [0.4, 0.5) is 5.69 Å². The van der Waals surface area contributed by atoms with Gasteiger partial charge in [0.15, 0.2) is 11.5 Å². The van der Waals surface area contributed by atoms with Crippen molar-refractivity contribution in [2.75, 3.05) is 11.9 Å². The molecule has 0 saturated heterocycles. The molecule has 6 rings (SSSR count). The molecule has 1 spiro atoms. The zero-order valence-corrected chi connectivity index (χ0v) is 25.5. The molecule has 0 radical (unpaired) electrons.